The molecule has 2 amide bonds. The van der Waals surface area contributed by atoms with Crippen molar-refractivity contribution in [3.63, 3.8) is 0 Å². The van der Waals surface area contributed by atoms with Gasteiger partial charge in [-0.1, -0.05) is 24.3 Å². The number of anilines is 1. The van der Waals surface area contributed by atoms with Crippen LogP contribution in [0.4, 0.5) is 10.5 Å². The number of aromatic nitrogens is 1. The van der Waals surface area contributed by atoms with Crippen molar-refractivity contribution in [2.24, 2.45) is 5.92 Å². The van der Waals surface area contributed by atoms with Crippen LogP contribution in [0.5, 0.6) is 0 Å². The summed E-state index contributed by atoms with van der Waals surface area (Å²) in [6, 6.07) is 17.4. The second-order valence-electron chi connectivity index (χ2n) is 10.3. The van der Waals surface area contributed by atoms with Crippen LogP contribution < -0.4 is 10.6 Å². The average molecular weight is 489 g/mol. The number of nitrogens with one attached hydrogen (secondary N) is 2. The summed E-state index contributed by atoms with van der Waals surface area (Å²) in [4.78, 5) is 12.1. The Balaban J connectivity index is 1.51. The first-order chi connectivity index (χ1) is 17.0. The zero-order valence-electron chi connectivity index (χ0n) is 20.5. The van der Waals surface area contributed by atoms with E-state index in [-0.39, 0.29) is 12.1 Å². The summed E-state index contributed by atoms with van der Waals surface area (Å²) in [5.41, 5.74) is 6.05. The normalized spacial score (nSPS) is 19.4. The molecular formula is C29H33ClN4O. The first kappa shape index (κ1) is 23.8. The van der Waals surface area contributed by atoms with Gasteiger partial charge in [0.2, 0.25) is 0 Å². The molecule has 1 unspecified atom stereocenters. The molecule has 1 aromatic heterocycles. The van der Waals surface area contributed by atoms with Crippen molar-refractivity contribution in [3.8, 4) is 17.3 Å². The number of hydrogen-bond acceptors (Lipinski definition) is 2. The minimum absolute atomic E-state index is 0.0711. The molecule has 2 atom stereocenters. The molecule has 0 saturated heterocycles. The third-order valence-corrected chi connectivity index (χ3v) is 7.74. The molecule has 1 heterocycles. The number of halogens is 1. The van der Waals surface area contributed by atoms with E-state index < -0.39 is 0 Å². The molecule has 0 aliphatic heterocycles. The van der Waals surface area contributed by atoms with Crippen molar-refractivity contribution in [1.29, 1.82) is 5.26 Å². The molecule has 2 aromatic carbocycles. The number of carbonyl (C=O) groups is 1. The number of amides is 2. The lowest BCUT2D eigenvalue weighted by atomic mass is 9.92. The second kappa shape index (κ2) is 9.95. The second-order valence-corrected chi connectivity index (χ2v) is 10.7. The van der Waals surface area contributed by atoms with Crippen LogP contribution in [-0.2, 0) is 0 Å². The predicted octanol–water partition coefficient (Wildman–Crippen LogP) is 7.56. The van der Waals surface area contributed by atoms with Crippen molar-refractivity contribution in [3.05, 3.63) is 53.6 Å². The van der Waals surface area contributed by atoms with E-state index in [4.69, 9.17) is 11.6 Å². The number of hydrogen-bond donors (Lipinski definition) is 2. The topological polar surface area (TPSA) is 69.8 Å². The predicted molar refractivity (Wildman–Crippen MR) is 143 cm³/mol. The van der Waals surface area contributed by atoms with Gasteiger partial charge in [0.15, 0.2) is 0 Å². The number of carbonyl (C=O) groups excluding carboxylic acids is 1. The fourth-order valence-corrected chi connectivity index (χ4v) is 5.59. The highest BCUT2D eigenvalue weighted by Gasteiger charge is 2.38. The van der Waals surface area contributed by atoms with Gasteiger partial charge in [0.05, 0.1) is 16.8 Å². The number of nitriles is 1. The van der Waals surface area contributed by atoms with E-state index in [0.29, 0.717) is 12.0 Å². The van der Waals surface area contributed by atoms with E-state index >= 15 is 0 Å². The van der Waals surface area contributed by atoms with E-state index in [1.54, 1.807) is 0 Å². The third kappa shape index (κ3) is 4.77. The molecule has 35 heavy (non-hydrogen) atoms. The maximum atomic E-state index is 12.1. The van der Waals surface area contributed by atoms with Crippen LogP contribution in [-0.4, -0.2) is 22.5 Å². The fraction of sp³-hybridized carbons (Fsp3) is 0.448. The number of alkyl halides is 1. The van der Waals surface area contributed by atoms with Crippen LogP contribution >= 0.6 is 11.6 Å². The van der Waals surface area contributed by atoms with Gasteiger partial charge in [-0.3, -0.25) is 0 Å². The number of rotatable bonds is 8. The van der Waals surface area contributed by atoms with Gasteiger partial charge in [0, 0.05) is 29.0 Å². The maximum Gasteiger partial charge on any atom is 0.319 e. The summed E-state index contributed by atoms with van der Waals surface area (Å²) in [5, 5.41) is 17.0. The molecule has 182 valence electrons. The van der Waals surface area contributed by atoms with Crippen molar-refractivity contribution >= 4 is 34.2 Å². The molecule has 6 heteroatoms. The lowest BCUT2D eigenvalue weighted by Crippen LogP contribution is -2.34. The highest BCUT2D eigenvalue weighted by atomic mass is 35.5. The lowest BCUT2D eigenvalue weighted by molar-refractivity contribution is 0.250. The Bertz CT molecular complexity index is 1270. The Kier molecular flexibility index (Phi) is 6.75. The maximum absolute atomic E-state index is 12.1. The van der Waals surface area contributed by atoms with Crippen molar-refractivity contribution in [2.75, 3.05) is 11.2 Å². The van der Waals surface area contributed by atoms with E-state index in [1.165, 1.54) is 30.3 Å². The summed E-state index contributed by atoms with van der Waals surface area (Å²) in [5.74, 6) is 2.09. The Morgan fingerprint density at radius 3 is 2.60 bits per heavy atom. The van der Waals surface area contributed by atoms with Crippen molar-refractivity contribution in [2.45, 2.75) is 70.4 Å². The van der Waals surface area contributed by atoms with E-state index in [2.05, 4.69) is 39.5 Å². The van der Waals surface area contributed by atoms with Gasteiger partial charge in [-0.15, -0.1) is 11.6 Å². The van der Waals surface area contributed by atoms with Gasteiger partial charge in [0.25, 0.3) is 0 Å². The zero-order valence-corrected chi connectivity index (χ0v) is 21.2. The molecule has 2 N–H and O–H groups in total. The molecule has 2 aliphatic rings. The lowest BCUT2D eigenvalue weighted by Gasteiger charge is -2.30. The molecular weight excluding hydrogens is 456 g/mol. The van der Waals surface area contributed by atoms with Crippen LogP contribution in [0.15, 0.2) is 42.5 Å². The molecule has 5 nitrogen and oxygen atoms in total. The molecule has 0 bridgehead atoms. The summed E-state index contributed by atoms with van der Waals surface area (Å²) >= 11 is 5.91. The van der Waals surface area contributed by atoms with Gasteiger partial charge in [-0.05, 0) is 93.5 Å². The van der Waals surface area contributed by atoms with Crippen LogP contribution in [0.2, 0.25) is 0 Å². The molecule has 2 saturated carbocycles. The summed E-state index contributed by atoms with van der Waals surface area (Å²) in [6.07, 6.45) is 7.02. The monoisotopic (exact) mass is 488 g/mol. The Morgan fingerprint density at radius 2 is 1.97 bits per heavy atom. The number of nitrogens with zero attached hydrogens (tertiary/aromatic N) is 2. The van der Waals surface area contributed by atoms with Gasteiger partial charge >= 0.3 is 6.03 Å². The summed E-state index contributed by atoms with van der Waals surface area (Å²) in [7, 11) is 0. The van der Waals surface area contributed by atoms with Crippen LogP contribution in [0, 0.1) is 17.2 Å². The van der Waals surface area contributed by atoms with Crippen LogP contribution in [0.3, 0.4) is 0 Å². The van der Waals surface area contributed by atoms with Crippen LogP contribution in [0.25, 0.3) is 22.2 Å². The quantitative estimate of drug-likeness (QED) is 0.321. The third-order valence-electron chi connectivity index (χ3n) is 7.48. The molecule has 5 rings (SSSR count). The van der Waals surface area contributed by atoms with Crippen LogP contribution in [0.1, 0.15) is 75.5 Å². The summed E-state index contributed by atoms with van der Waals surface area (Å²) < 4.78 is 2.42. The van der Waals surface area contributed by atoms with Gasteiger partial charge in [-0.2, -0.15) is 5.26 Å². The Labute approximate surface area is 212 Å². The van der Waals surface area contributed by atoms with Gasteiger partial charge < -0.3 is 15.2 Å². The minimum Gasteiger partial charge on any atom is -0.336 e. The fourth-order valence-electron chi connectivity index (χ4n) is 5.43. The van der Waals surface area contributed by atoms with Gasteiger partial charge in [0.1, 0.15) is 6.07 Å². The molecule has 2 fully saturated rings. The van der Waals surface area contributed by atoms with Crippen molar-refractivity contribution in [1.82, 2.24) is 9.88 Å². The highest BCUT2D eigenvalue weighted by Crippen LogP contribution is 2.51. The standard InChI is InChI=1S/C29H33ClN4O/c1-18(2)32-29(35)33-22-11-8-19(9-12-22)28-26(17-31)24-13-10-21(25-15-20(25)5-4-14-30)16-27(24)34(28)23-6-3-7-23/h8-13,16,18,20,23,25H,3-7,14-15H2,1-2H3,(H2,32,33,35)/t20?,25-/m0/s1. The molecule has 0 radical (unpaired) electrons. The number of urea groups is 1. The zero-order chi connectivity index (χ0) is 24.5. The SMILES string of the molecule is CC(C)NC(=O)Nc1ccc(-c2c(C#N)c3ccc([C@H]4CC4CCCCl)cc3n2C2CCC2)cc1. The summed E-state index contributed by atoms with van der Waals surface area (Å²) in [6.45, 7) is 3.86. The number of fused-ring (bicyclic) bond motifs is 1. The average Bonchev–Trinajstić information content (AvgIpc) is 3.51. The van der Waals surface area contributed by atoms with E-state index in [9.17, 15) is 10.1 Å². The Hall–Kier alpha value is -2.97. The molecule has 3 aromatic rings. The molecule has 2 aliphatic carbocycles. The van der Waals surface area contributed by atoms with E-state index in [1.807, 2.05) is 38.1 Å². The van der Waals surface area contributed by atoms with Crippen molar-refractivity contribution < 1.29 is 4.79 Å². The van der Waals surface area contributed by atoms with E-state index in [0.717, 1.165) is 59.0 Å². The Morgan fingerprint density at radius 1 is 1.20 bits per heavy atom. The highest BCUT2D eigenvalue weighted by molar-refractivity contribution is 6.17. The largest absolute Gasteiger partial charge is 0.336 e. The number of benzene rings is 2. The van der Waals surface area contributed by atoms with Gasteiger partial charge in [-0.25, -0.2) is 4.79 Å². The minimum atomic E-state index is -0.217. The smallest absolute Gasteiger partial charge is 0.319 e. The first-order valence-electron chi connectivity index (χ1n) is 12.8. The molecule has 0 spiro atoms. The first-order valence-corrected chi connectivity index (χ1v) is 13.4.